The summed E-state index contributed by atoms with van der Waals surface area (Å²) in [6.07, 6.45) is 0.662. The number of aromatic nitrogens is 3. The van der Waals surface area contributed by atoms with E-state index >= 15 is 0 Å². The molecule has 0 fully saturated rings. The van der Waals surface area contributed by atoms with E-state index in [1.807, 2.05) is 35.9 Å². The zero-order chi connectivity index (χ0) is 17.8. The molecule has 1 atom stereocenters. The molecule has 0 saturated heterocycles. The quantitative estimate of drug-likeness (QED) is 0.614. The standard InChI is InChI=1S/C19H17ClN4S/c1-13-7-9-14(10-8-13)11-15(12-21)25-19-23-22-18(24(19)2)16-5-3-4-6-17(16)20/h3-10,15H,11H2,1-2H3/t15-/m1/s1. The number of halogens is 1. The molecule has 0 N–H and O–H groups in total. The van der Waals surface area contributed by atoms with Gasteiger partial charge in [0.15, 0.2) is 11.0 Å². The highest BCUT2D eigenvalue weighted by molar-refractivity contribution is 8.00. The van der Waals surface area contributed by atoms with Crippen molar-refractivity contribution in [3.8, 4) is 17.5 Å². The average Bonchev–Trinajstić information content (AvgIpc) is 2.97. The molecule has 3 rings (SSSR count). The Morgan fingerprint density at radius 2 is 1.88 bits per heavy atom. The van der Waals surface area contributed by atoms with Crippen molar-refractivity contribution in [2.45, 2.75) is 23.8 Å². The van der Waals surface area contributed by atoms with E-state index in [2.05, 4.69) is 47.5 Å². The van der Waals surface area contributed by atoms with Gasteiger partial charge in [-0.2, -0.15) is 5.26 Å². The van der Waals surface area contributed by atoms with E-state index in [-0.39, 0.29) is 5.25 Å². The Kier molecular flexibility index (Phi) is 5.42. The number of hydrogen-bond acceptors (Lipinski definition) is 4. The molecule has 4 nitrogen and oxygen atoms in total. The van der Waals surface area contributed by atoms with E-state index in [1.54, 1.807) is 0 Å². The fraction of sp³-hybridized carbons (Fsp3) is 0.211. The summed E-state index contributed by atoms with van der Waals surface area (Å²) in [6.45, 7) is 2.05. The zero-order valence-corrected chi connectivity index (χ0v) is 15.6. The topological polar surface area (TPSA) is 54.5 Å². The van der Waals surface area contributed by atoms with Crippen LogP contribution < -0.4 is 0 Å². The van der Waals surface area contributed by atoms with Gasteiger partial charge in [-0.05, 0) is 31.0 Å². The molecule has 126 valence electrons. The maximum atomic E-state index is 9.51. The molecule has 0 bridgehead atoms. The fourth-order valence-electron chi connectivity index (χ4n) is 2.47. The van der Waals surface area contributed by atoms with E-state index in [0.29, 0.717) is 22.4 Å². The number of aryl methyl sites for hydroxylation is 1. The average molecular weight is 369 g/mol. The predicted molar refractivity (Wildman–Crippen MR) is 102 cm³/mol. The van der Waals surface area contributed by atoms with E-state index in [4.69, 9.17) is 11.6 Å². The highest BCUT2D eigenvalue weighted by Gasteiger charge is 2.18. The Morgan fingerprint density at radius 1 is 1.16 bits per heavy atom. The summed E-state index contributed by atoms with van der Waals surface area (Å²) in [6, 6.07) is 18.1. The summed E-state index contributed by atoms with van der Waals surface area (Å²) in [7, 11) is 1.89. The van der Waals surface area contributed by atoms with Gasteiger partial charge in [0.1, 0.15) is 5.25 Å². The van der Waals surface area contributed by atoms with Gasteiger partial charge in [-0.25, -0.2) is 0 Å². The lowest BCUT2D eigenvalue weighted by molar-refractivity contribution is 0.790. The lowest BCUT2D eigenvalue weighted by Crippen LogP contribution is -2.06. The van der Waals surface area contributed by atoms with Crippen LogP contribution in [0.3, 0.4) is 0 Å². The van der Waals surface area contributed by atoms with Crippen LogP contribution in [0.1, 0.15) is 11.1 Å². The van der Waals surface area contributed by atoms with Crippen LogP contribution in [-0.2, 0) is 13.5 Å². The van der Waals surface area contributed by atoms with Crippen LogP contribution in [0.5, 0.6) is 0 Å². The van der Waals surface area contributed by atoms with Gasteiger partial charge >= 0.3 is 0 Å². The van der Waals surface area contributed by atoms with Crippen molar-refractivity contribution < 1.29 is 0 Å². The van der Waals surface area contributed by atoms with Gasteiger partial charge < -0.3 is 4.57 Å². The van der Waals surface area contributed by atoms with Gasteiger partial charge in [-0.3, -0.25) is 0 Å². The van der Waals surface area contributed by atoms with Crippen LogP contribution in [0.4, 0.5) is 0 Å². The van der Waals surface area contributed by atoms with E-state index in [1.165, 1.54) is 17.3 Å². The fourth-order valence-corrected chi connectivity index (χ4v) is 3.61. The predicted octanol–water partition coefficient (Wildman–Crippen LogP) is 4.67. The first kappa shape index (κ1) is 17.5. The number of nitrogens with zero attached hydrogens (tertiary/aromatic N) is 4. The molecule has 0 aliphatic heterocycles. The third-order valence-corrected chi connectivity index (χ3v) is 5.34. The summed E-state index contributed by atoms with van der Waals surface area (Å²) in [4.78, 5) is 0. The Morgan fingerprint density at radius 3 is 2.56 bits per heavy atom. The van der Waals surface area contributed by atoms with Crippen LogP contribution >= 0.6 is 23.4 Å². The van der Waals surface area contributed by atoms with Gasteiger partial charge in [0.25, 0.3) is 0 Å². The zero-order valence-electron chi connectivity index (χ0n) is 14.0. The summed E-state index contributed by atoms with van der Waals surface area (Å²) < 4.78 is 1.88. The van der Waals surface area contributed by atoms with E-state index in [9.17, 15) is 5.26 Å². The smallest absolute Gasteiger partial charge is 0.192 e. The minimum Gasteiger partial charge on any atom is -0.305 e. The lowest BCUT2D eigenvalue weighted by atomic mass is 10.1. The van der Waals surface area contributed by atoms with E-state index < -0.39 is 0 Å². The second-order valence-electron chi connectivity index (χ2n) is 5.77. The molecule has 0 radical (unpaired) electrons. The highest BCUT2D eigenvalue weighted by Crippen LogP contribution is 2.30. The minimum atomic E-state index is -0.232. The number of benzene rings is 2. The van der Waals surface area contributed by atoms with Crippen molar-refractivity contribution in [1.82, 2.24) is 14.8 Å². The molecule has 1 heterocycles. The second kappa shape index (κ2) is 7.73. The SMILES string of the molecule is Cc1ccc(C[C@H](C#N)Sc2nnc(-c3ccccc3Cl)n2C)cc1. The van der Waals surface area contributed by atoms with Crippen molar-refractivity contribution in [3.63, 3.8) is 0 Å². The third kappa shape index (κ3) is 4.04. The summed E-state index contributed by atoms with van der Waals surface area (Å²) in [5.41, 5.74) is 3.18. The van der Waals surface area contributed by atoms with Crippen molar-refractivity contribution in [1.29, 1.82) is 5.26 Å². The van der Waals surface area contributed by atoms with Crippen LogP contribution in [0.15, 0.2) is 53.7 Å². The van der Waals surface area contributed by atoms with Gasteiger partial charge in [-0.1, -0.05) is 65.3 Å². The summed E-state index contributed by atoms with van der Waals surface area (Å²) in [5.74, 6) is 0.695. The number of thioether (sulfide) groups is 1. The van der Waals surface area contributed by atoms with Gasteiger partial charge in [0.05, 0.1) is 11.1 Å². The van der Waals surface area contributed by atoms with Gasteiger partial charge in [0.2, 0.25) is 0 Å². The van der Waals surface area contributed by atoms with Crippen LogP contribution in [-0.4, -0.2) is 20.0 Å². The summed E-state index contributed by atoms with van der Waals surface area (Å²) in [5, 5.41) is 19.1. The molecule has 2 aromatic carbocycles. The highest BCUT2D eigenvalue weighted by atomic mass is 35.5. The molecule has 0 saturated carbocycles. The molecule has 0 spiro atoms. The number of nitriles is 1. The number of hydrogen-bond donors (Lipinski definition) is 0. The molecule has 1 aromatic heterocycles. The Hall–Kier alpha value is -2.29. The van der Waals surface area contributed by atoms with Crippen LogP contribution in [0.2, 0.25) is 5.02 Å². The second-order valence-corrected chi connectivity index (χ2v) is 7.35. The molecular weight excluding hydrogens is 352 g/mol. The first-order valence-electron chi connectivity index (χ1n) is 7.84. The summed E-state index contributed by atoms with van der Waals surface area (Å²) >= 11 is 7.67. The molecule has 0 amide bonds. The van der Waals surface area contributed by atoms with Crippen LogP contribution in [0, 0.1) is 18.3 Å². The third-order valence-electron chi connectivity index (χ3n) is 3.88. The molecule has 25 heavy (non-hydrogen) atoms. The minimum absolute atomic E-state index is 0.232. The first-order chi connectivity index (χ1) is 12.1. The largest absolute Gasteiger partial charge is 0.305 e. The molecule has 3 aromatic rings. The number of rotatable bonds is 5. The molecule has 0 aliphatic rings. The molecule has 0 unspecified atom stereocenters. The van der Waals surface area contributed by atoms with Crippen molar-refractivity contribution in [3.05, 3.63) is 64.7 Å². The molecular formula is C19H17ClN4S. The monoisotopic (exact) mass is 368 g/mol. The normalized spacial score (nSPS) is 11.9. The lowest BCUT2D eigenvalue weighted by Gasteiger charge is -2.09. The maximum absolute atomic E-state index is 9.51. The van der Waals surface area contributed by atoms with E-state index in [0.717, 1.165) is 11.1 Å². The molecule has 6 heteroatoms. The molecule has 0 aliphatic carbocycles. The van der Waals surface area contributed by atoms with Gasteiger partial charge in [0, 0.05) is 12.6 Å². The van der Waals surface area contributed by atoms with Crippen molar-refractivity contribution >= 4 is 23.4 Å². The Labute approximate surface area is 156 Å². The van der Waals surface area contributed by atoms with Crippen LogP contribution in [0.25, 0.3) is 11.4 Å². The Balaban J connectivity index is 1.79. The maximum Gasteiger partial charge on any atom is 0.192 e. The van der Waals surface area contributed by atoms with Crippen molar-refractivity contribution in [2.24, 2.45) is 7.05 Å². The Bertz CT molecular complexity index is 912. The van der Waals surface area contributed by atoms with Gasteiger partial charge in [-0.15, -0.1) is 10.2 Å². The van der Waals surface area contributed by atoms with Crippen molar-refractivity contribution in [2.75, 3.05) is 0 Å². The first-order valence-corrected chi connectivity index (χ1v) is 9.10.